The van der Waals surface area contributed by atoms with Crippen LogP contribution in [0, 0.1) is 20.8 Å². The molecular weight excluding hydrogens is 420 g/mol. The molecule has 2 heterocycles. The molecule has 2 aromatic carbocycles. The number of benzene rings is 2. The number of fused-ring (bicyclic) bond motifs is 1. The van der Waals surface area contributed by atoms with Gasteiger partial charge in [0.25, 0.3) is 0 Å². The van der Waals surface area contributed by atoms with Gasteiger partial charge >= 0.3 is 0 Å². The molecule has 136 valence electrons. The highest BCUT2D eigenvalue weighted by atomic mass is 79.9. The van der Waals surface area contributed by atoms with Crippen molar-refractivity contribution >= 4 is 50.1 Å². The highest BCUT2D eigenvalue weighted by Gasteiger charge is 2.04. The van der Waals surface area contributed by atoms with Crippen LogP contribution in [0.5, 0.6) is 0 Å². The normalized spacial score (nSPS) is 12.5. The molecule has 0 saturated carbocycles. The Kier molecular flexibility index (Phi) is 4.85. The van der Waals surface area contributed by atoms with Crippen LogP contribution in [0.3, 0.4) is 0 Å². The van der Waals surface area contributed by atoms with E-state index in [9.17, 15) is 0 Å². The van der Waals surface area contributed by atoms with Gasteiger partial charge in [-0.05, 0) is 56.2 Å². The van der Waals surface area contributed by atoms with Crippen molar-refractivity contribution in [3.8, 4) is 0 Å². The summed E-state index contributed by atoms with van der Waals surface area (Å²) in [5.41, 5.74) is 6.53. The number of aromatic amines is 1. The summed E-state index contributed by atoms with van der Waals surface area (Å²) < 4.78 is 2.94. The number of halogens is 1. The molecule has 0 spiro atoms. The van der Waals surface area contributed by atoms with Crippen molar-refractivity contribution in [3.05, 3.63) is 79.6 Å². The van der Waals surface area contributed by atoms with Gasteiger partial charge in [0, 0.05) is 32.5 Å². The van der Waals surface area contributed by atoms with E-state index in [1.807, 2.05) is 30.1 Å². The molecule has 0 aliphatic rings. The molecule has 4 rings (SSSR count). The number of rotatable bonds is 3. The Labute approximate surface area is 170 Å². The Morgan fingerprint density at radius 1 is 1.11 bits per heavy atom. The average molecular weight is 439 g/mol. The summed E-state index contributed by atoms with van der Waals surface area (Å²) in [7, 11) is 0. The third kappa shape index (κ3) is 3.68. The molecule has 0 aliphatic carbocycles. The van der Waals surface area contributed by atoms with E-state index < -0.39 is 0 Å². The maximum Gasteiger partial charge on any atom is 0.211 e. The fourth-order valence-electron chi connectivity index (χ4n) is 2.89. The standard InChI is InChI=1S/C21H19BrN4S/c1-13-4-5-14(2)20(8-13)25-21-26(15(3)12-27-21)24-11-16-10-23-19-7-6-17(22)9-18(16)19/h4-12,23H,1-3H3. The van der Waals surface area contributed by atoms with Gasteiger partial charge in [-0.1, -0.05) is 28.1 Å². The van der Waals surface area contributed by atoms with Gasteiger partial charge in [-0.15, -0.1) is 11.3 Å². The van der Waals surface area contributed by atoms with Crippen LogP contribution in [0.25, 0.3) is 10.9 Å². The average Bonchev–Trinajstić information content (AvgIpc) is 3.19. The zero-order chi connectivity index (χ0) is 19.0. The Morgan fingerprint density at radius 3 is 2.81 bits per heavy atom. The minimum atomic E-state index is 0.860. The molecule has 0 radical (unpaired) electrons. The minimum absolute atomic E-state index is 0.860. The summed E-state index contributed by atoms with van der Waals surface area (Å²) in [6.07, 6.45) is 3.86. The third-order valence-corrected chi connectivity index (χ3v) is 5.85. The highest BCUT2D eigenvalue weighted by Crippen LogP contribution is 2.22. The van der Waals surface area contributed by atoms with Gasteiger partial charge in [0.05, 0.1) is 17.6 Å². The zero-order valence-electron chi connectivity index (χ0n) is 15.3. The maximum atomic E-state index is 4.85. The molecule has 27 heavy (non-hydrogen) atoms. The van der Waals surface area contributed by atoms with Gasteiger partial charge in [0.1, 0.15) is 0 Å². The van der Waals surface area contributed by atoms with E-state index in [1.165, 1.54) is 5.56 Å². The van der Waals surface area contributed by atoms with E-state index in [0.29, 0.717) is 0 Å². The van der Waals surface area contributed by atoms with Crippen molar-refractivity contribution in [2.24, 2.45) is 10.1 Å². The van der Waals surface area contributed by atoms with Crippen molar-refractivity contribution in [2.45, 2.75) is 20.8 Å². The first kappa shape index (κ1) is 17.9. The van der Waals surface area contributed by atoms with E-state index in [4.69, 9.17) is 10.1 Å². The molecule has 0 atom stereocenters. The predicted octanol–water partition coefficient (Wildman–Crippen LogP) is 5.83. The monoisotopic (exact) mass is 438 g/mol. The lowest BCUT2D eigenvalue weighted by Gasteiger charge is -2.02. The fraction of sp³-hybridized carbons (Fsp3) is 0.143. The third-order valence-electron chi connectivity index (χ3n) is 4.42. The molecule has 4 nitrogen and oxygen atoms in total. The number of aromatic nitrogens is 2. The van der Waals surface area contributed by atoms with Gasteiger partial charge in [0.2, 0.25) is 4.80 Å². The fourth-order valence-corrected chi connectivity index (χ4v) is 4.07. The van der Waals surface area contributed by atoms with Crippen molar-refractivity contribution < 1.29 is 0 Å². The second-order valence-electron chi connectivity index (χ2n) is 6.55. The lowest BCUT2D eigenvalue weighted by atomic mass is 10.1. The van der Waals surface area contributed by atoms with Crippen molar-refractivity contribution in [2.75, 3.05) is 0 Å². The van der Waals surface area contributed by atoms with Crippen molar-refractivity contribution in [1.29, 1.82) is 0 Å². The first-order valence-electron chi connectivity index (χ1n) is 8.61. The summed E-state index contributed by atoms with van der Waals surface area (Å²) in [5.74, 6) is 0. The second kappa shape index (κ2) is 7.29. The van der Waals surface area contributed by atoms with Crippen LogP contribution in [0.1, 0.15) is 22.4 Å². The lowest BCUT2D eigenvalue weighted by Crippen LogP contribution is -2.11. The van der Waals surface area contributed by atoms with Crippen LogP contribution in [0.4, 0.5) is 5.69 Å². The quantitative estimate of drug-likeness (QED) is 0.391. The molecule has 0 bridgehead atoms. The number of thiazole rings is 1. The van der Waals surface area contributed by atoms with Gasteiger partial charge in [-0.25, -0.2) is 9.67 Å². The lowest BCUT2D eigenvalue weighted by molar-refractivity contribution is 0.809. The minimum Gasteiger partial charge on any atom is -0.361 e. The smallest absolute Gasteiger partial charge is 0.211 e. The number of nitrogens with zero attached hydrogens (tertiary/aromatic N) is 3. The number of H-pyrrole nitrogens is 1. The number of hydrogen-bond donors (Lipinski definition) is 1. The molecular formula is C21H19BrN4S. The first-order chi connectivity index (χ1) is 13.0. The Hall–Kier alpha value is -2.44. The molecule has 0 unspecified atom stereocenters. The van der Waals surface area contributed by atoms with Gasteiger partial charge in [-0.3, -0.25) is 0 Å². The van der Waals surface area contributed by atoms with Crippen LogP contribution in [0.2, 0.25) is 0 Å². The van der Waals surface area contributed by atoms with Crippen LogP contribution in [0.15, 0.2) is 62.5 Å². The summed E-state index contributed by atoms with van der Waals surface area (Å²) in [5, 5.41) is 7.92. The molecule has 0 aliphatic heterocycles. The summed E-state index contributed by atoms with van der Waals surface area (Å²) in [6, 6.07) is 12.5. The Bertz CT molecular complexity index is 1230. The van der Waals surface area contributed by atoms with Crippen molar-refractivity contribution in [3.63, 3.8) is 0 Å². The molecule has 0 amide bonds. The van der Waals surface area contributed by atoms with E-state index >= 15 is 0 Å². The molecule has 6 heteroatoms. The maximum absolute atomic E-state index is 4.85. The van der Waals surface area contributed by atoms with Gasteiger partial charge in [0.15, 0.2) is 0 Å². The van der Waals surface area contributed by atoms with Crippen LogP contribution < -0.4 is 4.80 Å². The molecule has 0 saturated heterocycles. The predicted molar refractivity (Wildman–Crippen MR) is 117 cm³/mol. The largest absolute Gasteiger partial charge is 0.361 e. The van der Waals surface area contributed by atoms with Crippen LogP contribution in [-0.2, 0) is 0 Å². The molecule has 1 N–H and O–H groups in total. The van der Waals surface area contributed by atoms with E-state index in [0.717, 1.165) is 42.7 Å². The summed E-state index contributed by atoms with van der Waals surface area (Å²) in [4.78, 5) is 9.00. The number of aryl methyl sites for hydroxylation is 3. The van der Waals surface area contributed by atoms with E-state index in [1.54, 1.807) is 11.3 Å². The highest BCUT2D eigenvalue weighted by molar-refractivity contribution is 9.10. The topological polar surface area (TPSA) is 45.4 Å². The van der Waals surface area contributed by atoms with Crippen LogP contribution >= 0.6 is 27.3 Å². The Balaban J connectivity index is 1.78. The number of nitrogens with one attached hydrogen (secondary N) is 1. The van der Waals surface area contributed by atoms with Crippen molar-refractivity contribution in [1.82, 2.24) is 9.66 Å². The summed E-state index contributed by atoms with van der Waals surface area (Å²) in [6.45, 7) is 6.21. The van der Waals surface area contributed by atoms with Gasteiger partial charge < -0.3 is 4.98 Å². The molecule has 4 aromatic rings. The zero-order valence-corrected chi connectivity index (χ0v) is 17.7. The number of hydrogen-bond acceptors (Lipinski definition) is 3. The van der Waals surface area contributed by atoms with Crippen LogP contribution in [-0.4, -0.2) is 15.9 Å². The SMILES string of the molecule is Cc1ccc(C)c(N=c2scc(C)n2N=Cc2c[nH]c3ccc(Br)cc23)c1. The second-order valence-corrected chi connectivity index (χ2v) is 8.30. The Morgan fingerprint density at radius 2 is 1.96 bits per heavy atom. The van der Waals surface area contributed by atoms with Gasteiger partial charge in [-0.2, -0.15) is 5.10 Å². The van der Waals surface area contributed by atoms with E-state index in [-0.39, 0.29) is 0 Å². The van der Waals surface area contributed by atoms with E-state index in [2.05, 4.69) is 70.5 Å². The molecule has 2 aromatic heterocycles. The first-order valence-corrected chi connectivity index (χ1v) is 10.3. The summed E-state index contributed by atoms with van der Waals surface area (Å²) >= 11 is 5.13. The molecule has 0 fully saturated rings.